The van der Waals surface area contributed by atoms with Crippen LogP contribution >= 0.6 is 11.6 Å². The molecular formula is C16H17ClN2O6. The first kappa shape index (κ1) is 17.6. The van der Waals surface area contributed by atoms with E-state index in [1.165, 1.54) is 17.0 Å². The molecule has 1 unspecified atom stereocenters. The maximum Gasteiger partial charge on any atom is 0.328 e. The molecule has 1 spiro atoms. The Hall–Kier alpha value is -2.19. The number of nitrogens with zero attached hydrogens (tertiary/aromatic N) is 2. The van der Waals surface area contributed by atoms with E-state index in [2.05, 4.69) is 0 Å². The second-order valence-electron chi connectivity index (χ2n) is 6.27. The standard InChI is InChI=1S/C16H17ClN2O6/c17-11-5-4-10(8-12(11)19(23)24)14(20)18-13(15(21)22)9-25-16(18)6-2-1-3-7-16/h4-5,8,13H,1-3,6-7,9H2,(H,21,22). The predicted octanol–water partition coefficient (Wildman–Crippen LogP) is 2.83. The lowest BCUT2D eigenvalue weighted by molar-refractivity contribution is -0.384. The van der Waals surface area contributed by atoms with Crippen LogP contribution in [0.15, 0.2) is 18.2 Å². The lowest BCUT2D eigenvalue weighted by atomic mass is 9.89. The summed E-state index contributed by atoms with van der Waals surface area (Å²) < 4.78 is 5.78. The summed E-state index contributed by atoms with van der Waals surface area (Å²) in [4.78, 5) is 36.3. The second kappa shape index (κ2) is 6.61. The summed E-state index contributed by atoms with van der Waals surface area (Å²) in [6, 6.07) is 2.61. The summed E-state index contributed by atoms with van der Waals surface area (Å²) in [5.74, 6) is -1.74. The molecule has 1 heterocycles. The number of benzene rings is 1. The molecule has 2 aliphatic rings. The van der Waals surface area contributed by atoms with E-state index in [4.69, 9.17) is 16.3 Å². The summed E-state index contributed by atoms with van der Waals surface area (Å²) in [6.07, 6.45) is 3.77. The number of carboxylic acid groups (broad SMARTS) is 1. The fraction of sp³-hybridized carbons (Fsp3) is 0.500. The SMILES string of the molecule is O=C(O)C1COC2(CCCCC2)N1C(=O)c1ccc(Cl)c([N+](=O)[O-])c1. The number of ether oxygens (including phenoxy) is 1. The molecule has 1 aromatic rings. The van der Waals surface area contributed by atoms with Crippen molar-refractivity contribution in [3.05, 3.63) is 38.9 Å². The Bertz CT molecular complexity index is 731. The van der Waals surface area contributed by atoms with Crippen LogP contribution in [0.4, 0.5) is 5.69 Å². The summed E-state index contributed by atoms with van der Waals surface area (Å²) in [7, 11) is 0. The van der Waals surface area contributed by atoms with Gasteiger partial charge in [0, 0.05) is 11.6 Å². The Balaban J connectivity index is 2.01. The highest BCUT2D eigenvalue weighted by molar-refractivity contribution is 6.32. The topological polar surface area (TPSA) is 110 Å². The van der Waals surface area contributed by atoms with Gasteiger partial charge in [-0.1, -0.05) is 18.0 Å². The monoisotopic (exact) mass is 368 g/mol. The summed E-state index contributed by atoms with van der Waals surface area (Å²) >= 11 is 5.79. The number of halogens is 1. The van der Waals surface area contributed by atoms with Crippen molar-refractivity contribution >= 4 is 29.2 Å². The predicted molar refractivity (Wildman–Crippen MR) is 87.5 cm³/mol. The van der Waals surface area contributed by atoms with Crippen LogP contribution in [0, 0.1) is 10.1 Å². The van der Waals surface area contributed by atoms with Gasteiger partial charge in [0.2, 0.25) is 0 Å². The third-order valence-electron chi connectivity index (χ3n) is 4.79. The van der Waals surface area contributed by atoms with E-state index in [0.717, 1.165) is 25.3 Å². The van der Waals surface area contributed by atoms with Crippen LogP contribution in [0.2, 0.25) is 5.02 Å². The van der Waals surface area contributed by atoms with Crippen molar-refractivity contribution in [2.75, 3.05) is 6.61 Å². The first-order valence-electron chi connectivity index (χ1n) is 8.00. The molecule has 3 rings (SSSR count). The van der Waals surface area contributed by atoms with Gasteiger partial charge in [0.1, 0.15) is 10.7 Å². The third-order valence-corrected chi connectivity index (χ3v) is 5.11. The van der Waals surface area contributed by atoms with Crippen LogP contribution in [0.25, 0.3) is 0 Å². The Labute approximate surface area is 148 Å². The van der Waals surface area contributed by atoms with E-state index in [1.807, 2.05) is 0 Å². The minimum atomic E-state index is -1.15. The fourth-order valence-corrected chi connectivity index (χ4v) is 3.77. The number of aliphatic carboxylic acids is 1. The highest BCUT2D eigenvalue weighted by Crippen LogP contribution is 2.41. The van der Waals surface area contributed by atoms with Crippen molar-refractivity contribution in [2.24, 2.45) is 0 Å². The minimum Gasteiger partial charge on any atom is -0.480 e. The number of hydrogen-bond acceptors (Lipinski definition) is 5. The van der Waals surface area contributed by atoms with Crippen molar-refractivity contribution in [1.82, 2.24) is 4.90 Å². The van der Waals surface area contributed by atoms with Gasteiger partial charge in [-0.05, 0) is 37.8 Å². The van der Waals surface area contributed by atoms with Gasteiger partial charge in [-0.25, -0.2) is 4.79 Å². The van der Waals surface area contributed by atoms with Gasteiger partial charge in [-0.3, -0.25) is 19.8 Å². The van der Waals surface area contributed by atoms with Gasteiger partial charge in [0.15, 0.2) is 6.04 Å². The number of amides is 1. The zero-order valence-corrected chi connectivity index (χ0v) is 14.1. The van der Waals surface area contributed by atoms with Crippen LogP contribution in [0.3, 0.4) is 0 Å². The molecular weight excluding hydrogens is 352 g/mol. The maximum absolute atomic E-state index is 13.0. The molecule has 1 saturated carbocycles. The average molecular weight is 369 g/mol. The largest absolute Gasteiger partial charge is 0.480 e. The van der Waals surface area contributed by atoms with E-state index in [1.54, 1.807) is 0 Å². The fourth-order valence-electron chi connectivity index (χ4n) is 3.58. The van der Waals surface area contributed by atoms with E-state index >= 15 is 0 Å². The second-order valence-corrected chi connectivity index (χ2v) is 6.68. The Morgan fingerprint density at radius 3 is 2.60 bits per heavy atom. The normalized spacial score (nSPS) is 22.1. The van der Waals surface area contributed by atoms with E-state index in [9.17, 15) is 24.8 Å². The molecule has 1 aliphatic carbocycles. The van der Waals surface area contributed by atoms with Crippen LogP contribution in [0.1, 0.15) is 42.5 Å². The summed E-state index contributed by atoms with van der Waals surface area (Å²) in [5, 5.41) is 20.5. The Morgan fingerprint density at radius 2 is 2.00 bits per heavy atom. The highest BCUT2D eigenvalue weighted by Gasteiger charge is 2.53. The van der Waals surface area contributed by atoms with Crippen molar-refractivity contribution in [3.8, 4) is 0 Å². The highest BCUT2D eigenvalue weighted by atomic mass is 35.5. The molecule has 1 amide bonds. The number of carboxylic acids is 1. The molecule has 1 aromatic carbocycles. The molecule has 8 nitrogen and oxygen atoms in total. The first-order valence-corrected chi connectivity index (χ1v) is 8.38. The van der Waals surface area contributed by atoms with Gasteiger partial charge in [-0.15, -0.1) is 0 Å². The quantitative estimate of drug-likeness (QED) is 0.648. The average Bonchev–Trinajstić information content (AvgIpc) is 2.94. The van der Waals surface area contributed by atoms with E-state index in [-0.39, 0.29) is 17.2 Å². The van der Waals surface area contributed by atoms with Gasteiger partial charge in [0.25, 0.3) is 11.6 Å². The van der Waals surface area contributed by atoms with Crippen LogP contribution in [0.5, 0.6) is 0 Å². The van der Waals surface area contributed by atoms with Crippen molar-refractivity contribution in [3.63, 3.8) is 0 Å². The van der Waals surface area contributed by atoms with Gasteiger partial charge in [-0.2, -0.15) is 0 Å². The maximum atomic E-state index is 13.0. The number of carbonyl (C=O) groups excluding carboxylic acids is 1. The molecule has 1 aliphatic heterocycles. The van der Waals surface area contributed by atoms with Crippen LogP contribution < -0.4 is 0 Å². The number of nitro groups is 1. The lowest BCUT2D eigenvalue weighted by Gasteiger charge is -2.41. The van der Waals surface area contributed by atoms with Crippen LogP contribution in [-0.4, -0.2) is 45.2 Å². The third kappa shape index (κ3) is 3.07. The molecule has 1 N–H and O–H groups in total. The van der Waals surface area contributed by atoms with E-state index in [0.29, 0.717) is 12.8 Å². The Kier molecular flexibility index (Phi) is 4.66. The molecule has 0 radical (unpaired) electrons. The zero-order valence-electron chi connectivity index (χ0n) is 13.3. The van der Waals surface area contributed by atoms with Gasteiger partial charge < -0.3 is 9.84 Å². The first-order chi connectivity index (χ1) is 11.9. The molecule has 2 fully saturated rings. The van der Waals surface area contributed by atoms with Crippen LogP contribution in [-0.2, 0) is 9.53 Å². The van der Waals surface area contributed by atoms with Gasteiger partial charge in [0.05, 0.1) is 11.5 Å². The lowest BCUT2D eigenvalue weighted by Crippen LogP contribution is -2.54. The number of nitro benzene ring substituents is 1. The molecule has 0 aromatic heterocycles. The Morgan fingerprint density at radius 1 is 1.32 bits per heavy atom. The van der Waals surface area contributed by atoms with Crippen molar-refractivity contribution in [1.29, 1.82) is 0 Å². The molecule has 1 atom stereocenters. The molecule has 0 bridgehead atoms. The number of rotatable bonds is 3. The summed E-state index contributed by atoms with van der Waals surface area (Å²) in [5.41, 5.74) is -1.32. The van der Waals surface area contributed by atoms with Crippen molar-refractivity contribution in [2.45, 2.75) is 43.9 Å². The summed E-state index contributed by atoms with van der Waals surface area (Å²) in [6.45, 7) is -0.0866. The van der Waals surface area contributed by atoms with Gasteiger partial charge >= 0.3 is 5.97 Å². The van der Waals surface area contributed by atoms with E-state index < -0.39 is 34.3 Å². The molecule has 1 saturated heterocycles. The number of carbonyl (C=O) groups is 2. The van der Waals surface area contributed by atoms with Crippen molar-refractivity contribution < 1.29 is 24.4 Å². The zero-order chi connectivity index (χ0) is 18.2. The minimum absolute atomic E-state index is 0.0257. The smallest absolute Gasteiger partial charge is 0.328 e. The molecule has 134 valence electrons. The molecule has 25 heavy (non-hydrogen) atoms. The number of hydrogen-bond donors (Lipinski definition) is 1. The molecule has 9 heteroatoms.